The van der Waals surface area contributed by atoms with Crippen molar-refractivity contribution in [1.29, 1.82) is 5.26 Å². The highest BCUT2D eigenvalue weighted by atomic mass is 19.4. The topological polar surface area (TPSA) is 27.0 Å². The van der Waals surface area contributed by atoms with E-state index in [1.54, 1.807) is 29.2 Å². The molecule has 0 amide bonds. The highest BCUT2D eigenvalue weighted by Gasteiger charge is 2.44. The van der Waals surface area contributed by atoms with Crippen molar-refractivity contribution in [3.8, 4) is 6.07 Å². The Labute approximate surface area is 205 Å². The third-order valence-electron chi connectivity index (χ3n) is 6.57. The van der Waals surface area contributed by atoms with Crippen molar-refractivity contribution in [2.45, 2.75) is 38.0 Å². The van der Waals surface area contributed by atoms with Gasteiger partial charge in [0.15, 0.2) is 0 Å². The van der Waals surface area contributed by atoms with Crippen LogP contribution in [0.4, 0.5) is 32.0 Å². The molecule has 8 heteroatoms. The van der Waals surface area contributed by atoms with E-state index in [9.17, 15) is 22.0 Å². The van der Waals surface area contributed by atoms with Gasteiger partial charge in [-0.1, -0.05) is 18.2 Å². The van der Waals surface area contributed by atoms with Crippen LogP contribution in [0, 0.1) is 28.9 Å². The van der Waals surface area contributed by atoms with Gasteiger partial charge in [0, 0.05) is 36.7 Å². The summed E-state index contributed by atoms with van der Waals surface area (Å²) in [5.41, 5.74) is -0.225. The molecule has 3 aromatic carbocycles. The van der Waals surface area contributed by atoms with Crippen LogP contribution < -0.4 is 4.90 Å². The summed E-state index contributed by atoms with van der Waals surface area (Å²) in [6.07, 6.45) is -4.24. The summed E-state index contributed by atoms with van der Waals surface area (Å²) in [4.78, 5) is 1.73. The molecule has 0 radical (unpaired) electrons. The van der Waals surface area contributed by atoms with Gasteiger partial charge in [-0.2, -0.15) is 18.4 Å². The van der Waals surface area contributed by atoms with Crippen molar-refractivity contribution in [3.63, 3.8) is 0 Å². The van der Waals surface area contributed by atoms with Gasteiger partial charge in [0.2, 0.25) is 0 Å². The van der Waals surface area contributed by atoms with E-state index in [2.05, 4.69) is 0 Å². The summed E-state index contributed by atoms with van der Waals surface area (Å²) in [6.45, 7) is 3.12. The highest BCUT2D eigenvalue weighted by molar-refractivity contribution is 5.59. The standard InChI is InChI=1S/C28H24F6N2/c1-27(2,31)26(20-10-23(29)13-24(30)11-20)21-15-36(16-21)25-12-22(28(32,33)34)7-6-19(25)9-17-4-3-5-18(8-17)14-35/h3-8,10-13,21,26H,9,15-16H2,1-2H3. The van der Waals surface area contributed by atoms with Crippen LogP contribution in [0.25, 0.3) is 0 Å². The first-order chi connectivity index (χ1) is 16.8. The van der Waals surface area contributed by atoms with Crippen LogP contribution in [0.15, 0.2) is 60.7 Å². The molecule has 0 aromatic heterocycles. The minimum Gasteiger partial charge on any atom is -0.371 e. The molecule has 0 bridgehead atoms. The van der Waals surface area contributed by atoms with Gasteiger partial charge >= 0.3 is 6.18 Å². The van der Waals surface area contributed by atoms with E-state index in [0.717, 1.165) is 35.9 Å². The fourth-order valence-electron chi connectivity index (χ4n) is 5.06. The number of benzene rings is 3. The third kappa shape index (κ3) is 5.51. The number of hydrogen-bond acceptors (Lipinski definition) is 2. The molecule has 1 aliphatic heterocycles. The Morgan fingerprint density at radius 2 is 1.61 bits per heavy atom. The fourth-order valence-corrected chi connectivity index (χ4v) is 5.06. The lowest BCUT2D eigenvalue weighted by Crippen LogP contribution is -2.53. The Hall–Kier alpha value is -3.47. The third-order valence-corrected chi connectivity index (χ3v) is 6.57. The molecule has 36 heavy (non-hydrogen) atoms. The quantitative estimate of drug-likeness (QED) is 0.328. The fraction of sp³-hybridized carbons (Fsp3) is 0.321. The monoisotopic (exact) mass is 502 g/mol. The van der Waals surface area contributed by atoms with Gasteiger partial charge in [0.05, 0.1) is 17.2 Å². The maximum atomic E-state index is 15.2. The molecule has 0 spiro atoms. The second-order valence-electron chi connectivity index (χ2n) is 9.74. The smallest absolute Gasteiger partial charge is 0.371 e. The van der Waals surface area contributed by atoms with Crippen LogP contribution in [0.2, 0.25) is 0 Å². The van der Waals surface area contributed by atoms with Crippen molar-refractivity contribution < 1.29 is 26.3 Å². The molecule has 0 N–H and O–H groups in total. The molecule has 0 aliphatic carbocycles. The van der Waals surface area contributed by atoms with Crippen LogP contribution in [0.1, 0.15) is 47.6 Å². The molecule has 1 aliphatic rings. The molecule has 1 unspecified atom stereocenters. The maximum Gasteiger partial charge on any atom is 0.416 e. The number of nitriles is 1. The van der Waals surface area contributed by atoms with Crippen LogP contribution in [-0.2, 0) is 12.6 Å². The van der Waals surface area contributed by atoms with E-state index >= 15 is 4.39 Å². The minimum absolute atomic E-state index is 0.183. The number of nitrogens with zero attached hydrogens (tertiary/aromatic N) is 2. The first kappa shape index (κ1) is 25.6. The number of hydrogen-bond donors (Lipinski definition) is 0. The molecule has 2 nitrogen and oxygen atoms in total. The molecule has 3 aromatic rings. The highest BCUT2D eigenvalue weighted by Crippen LogP contribution is 2.45. The summed E-state index contributed by atoms with van der Waals surface area (Å²) >= 11 is 0. The largest absolute Gasteiger partial charge is 0.416 e. The molecular formula is C28H24F6N2. The lowest BCUT2D eigenvalue weighted by atomic mass is 9.73. The molecular weight excluding hydrogens is 478 g/mol. The van der Waals surface area contributed by atoms with Gasteiger partial charge in [0.25, 0.3) is 0 Å². The second kappa shape index (κ2) is 9.53. The van der Waals surface area contributed by atoms with Gasteiger partial charge in [-0.05, 0) is 73.4 Å². The SMILES string of the molecule is CC(C)(F)C(c1cc(F)cc(F)c1)C1CN(c2cc(C(F)(F)F)ccc2Cc2cccc(C#N)c2)C1. The Bertz CT molecular complexity index is 1280. The number of anilines is 1. The predicted octanol–water partition coefficient (Wildman–Crippen LogP) is 7.41. The molecule has 1 saturated heterocycles. The molecule has 4 rings (SSSR count). The summed E-state index contributed by atoms with van der Waals surface area (Å²) in [5, 5.41) is 9.16. The Kier molecular flexibility index (Phi) is 6.78. The normalized spacial score (nSPS) is 15.4. The maximum absolute atomic E-state index is 15.2. The van der Waals surface area contributed by atoms with Gasteiger partial charge in [-0.3, -0.25) is 0 Å². The van der Waals surface area contributed by atoms with E-state index in [1.165, 1.54) is 19.9 Å². The molecule has 1 atom stereocenters. The van der Waals surface area contributed by atoms with Gasteiger partial charge in [-0.15, -0.1) is 0 Å². The summed E-state index contributed by atoms with van der Waals surface area (Å²) in [6, 6.07) is 15.3. The lowest BCUT2D eigenvalue weighted by Gasteiger charge is -2.48. The van der Waals surface area contributed by atoms with E-state index in [1.807, 2.05) is 6.07 Å². The summed E-state index contributed by atoms with van der Waals surface area (Å²) in [7, 11) is 0. The first-order valence-electron chi connectivity index (χ1n) is 11.4. The van der Waals surface area contributed by atoms with E-state index in [0.29, 0.717) is 23.2 Å². The Balaban J connectivity index is 1.65. The van der Waals surface area contributed by atoms with E-state index in [-0.39, 0.29) is 24.6 Å². The lowest BCUT2D eigenvalue weighted by molar-refractivity contribution is -0.137. The molecule has 1 heterocycles. The zero-order chi connectivity index (χ0) is 26.3. The van der Waals surface area contributed by atoms with E-state index < -0.39 is 35.0 Å². The van der Waals surface area contributed by atoms with Crippen molar-refractivity contribution in [2.24, 2.45) is 5.92 Å². The van der Waals surface area contributed by atoms with Crippen molar-refractivity contribution >= 4 is 5.69 Å². The molecule has 1 fully saturated rings. The number of halogens is 6. The predicted molar refractivity (Wildman–Crippen MR) is 125 cm³/mol. The van der Waals surface area contributed by atoms with Gasteiger partial charge in [-0.25, -0.2) is 13.2 Å². The first-order valence-corrected chi connectivity index (χ1v) is 11.4. The van der Waals surface area contributed by atoms with Crippen molar-refractivity contribution in [3.05, 3.63) is 100 Å². The summed E-state index contributed by atoms with van der Waals surface area (Å²) in [5.74, 6) is -2.83. The zero-order valence-corrected chi connectivity index (χ0v) is 19.7. The van der Waals surface area contributed by atoms with Crippen LogP contribution in [-0.4, -0.2) is 18.8 Å². The van der Waals surface area contributed by atoms with Crippen molar-refractivity contribution in [2.75, 3.05) is 18.0 Å². The Morgan fingerprint density at radius 1 is 0.944 bits per heavy atom. The Morgan fingerprint density at radius 3 is 2.19 bits per heavy atom. The van der Waals surface area contributed by atoms with Crippen LogP contribution >= 0.6 is 0 Å². The average molecular weight is 503 g/mol. The second-order valence-corrected chi connectivity index (χ2v) is 9.74. The van der Waals surface area contributed by atoms with Gasteiger partial charge < -0.3 is 4.90 Å². The molecule has 188 valence electrons. The summed E-state index contributed by atoms with van der Waals surface area (Å²) < 4.78 is 83.5. The van der Waals surface area contributed by atoms with Gasteiger partial charge in [0.1, 0.15) is 17.3 Å². The average Bonchev–Trinajstić information content (AvgIpc) is 2.74. The minimum atomic E-state index is -4.54. The van der Waals surface area contributed by atoms with Crippen LogP contribution in [0.5, 0.6) is 0 Å². The molecule has 0 saturated carbocycles. The van der Waals surface area contributed by atoms with Crippen LogP contribution in [0.3, 0.4) is 0 Å². The number of rotatable bonds is 6. The van der Waals surface area contributed by atoms with Crippen molar-refractivity contribution in [1.82, 2.24) is 0 Å². The van der Waals surface area contributed by atoms with E-state index in [4.69, 9.17) is 5.26 Å². The zero-order valence-electron chi connectivity index (χ0n) is 19.7. The number of alkyl halides is 4.